The number of nitrogens with zero attached hydrogens (tertiary/aromatic N) is 3. The molecule has 3 aromatic rings. The Hall–Kier alpha value is -3.64. The number of hydrogen-bond acceptors (Lipinski definition) is 5. The first-order valence-electron chi connectivity index (χ1n) is 10.2. The van der Waals surface area contributed by atoms with Crippen LogP contribution in [0.5, 0.6) is 0 Å². The number of halogens is 3. The molecule has 0 spiro atoms. The van der Waals surface area contributed by atoms with Crippen molar-refractivity contribution in [3.63, 3.8) is 0 Å². The van der Waals surface area contributed by atoms with Crippen LogP contribution in [0.2, 0.25) is 0 Å². The van der Waals surface area contributed by atoms with Gasteiger partial charge in [0.1, 0.15) is 0 Å². The molecule has 170 valence electrons. The Kier molecular flexibility index (Phi) is 5.50. The van der Waals surface area contributed by atoms with Crippen molar-refractivity contribution in [3.05, 3.63) is 86.5 Å². The van der Waals surface area contributed by atoms with Gasteiger partial charge in [0.05, 0.1) is 0 Å². The monoisotopic (exact) mass is 455 g/mol. The average molecular weight is 455 g/mol. The quantitative estimate of drug-likeness (QED) is 0.612. The van der Waals surface area contributed by atoms with Crippen molar-refractivity contribution in [2.75, 3.05) is 0 Å². The highest BCUT2D eigenvalue weighted by atomic mass is 19.4. The van der Waals surface area contributed by atoms with Crippen molar-refractivity contribution in [1.82, 2.24) is 14.8 Å². The molecule has 2 aromatic heterocycles. The standard InChI is InChI=1S/C24H20F3N3O3/c1-4-18-28-29-21(33-18)19-14(2)12-17-20(19)15(13-30(3)22(17)31)10-11-23(32,24(25,26)27)16-8-6-5-7-9-16/h5-9,13,32H,4,12H2,1-3H3. The second-order valence-corrected chi connectivity index (χ2v) is 7.82. The lowest BCUT2D eigenvalue weighted by atomic mass is 9.92. The molecule has 0 saturated carbocycles. The van der Waals surface area contributed by atoms with E-state index in [1.54, 1.807) is 13.0 Å². The largest absolute Gasteiger partial charge is 0.433 e. The Bertz CT molecular complexity index is 1380. The van der Waals surface area contributed by atoms with Crippen LogP contribution in [0, 0.1) is 11.8 Å². The molecule has 1 aliphatic rings. The molecule has 0 radical (unpaired) electrons. The van der Waals surface area contributed by atoms with Gasteiger partial charge in [-0.2, -0.15) is 13.2 Å². The van der Waals surface area contributed by atoms with E-state index in [9.17, 15) is 23.1 Å². The summed E-state index contributed by atoms with van der Waals surface area (Å²) in [6.45, 7) is 3.63. The van der Waals surface area contributed by atoms with Crippen molar-refractivity contribution < 1.29 is 22.7 Å². The maximum absolute atomic E-state index is 13.9. The third-order valence-corrected chi connectivity index (χ3v) is 5.55. The third kappa shape index (κ3) is 3.76. The van der Waals surface area contributed by atoms with E-state index in [0.717, 1.165) is 17.7 Å². The second kappa shape index (κ2) is 8.05. The minimum atomic E-state index is -5.05. The third-order valence-electron chi connectivity index (χ3n) is 5.55. The fraction of sp³-hybridized carbons (Fsp3) is 0.292. The van der Waals surface area contributed by atoms with Gasteiger partial charge in [-0.1, -0.05) is 48.7 Å². The minimum absolute atomic E-state index is 0.147. The van der Waals surface area contributed by atoms with E-state index >= 15 is 0 Å². The zero-order valence-corrected chi connectivity index (χ0v) is 18.1. The molecule has 1 atom stereocenters. The van der Waals surface area contributed by atoms with Crippen molar-refractivity contribution in [1.29, 1.82) is 0 Å². The summed E-state index contributed by atoms with van der Waals surface area (Å²) >= 11 is 0. The first kappa shape index (κ1) is 22.6. The Balaban J connectivity index is 1.93. The summed E-state index contributed by atoms with van der Waals surface area (Å²) in [4.78, 5) is 12.8. The van der Waals surface area contributed by atoms with E-state index in [0.29, 0.717) is 29.0 Å². The molecule has 0 bridgehead atoms. The molecule has 9 heteroatoms. The molecule has 6 nitrogen and oxygen atoms in total. The van der Waals surface area contributed by atoms with Crippen molar-refractivity contribution in [2.24, 2.45) is 7.05 Å². The van der Waals surface area contributed by atoms with Gasteiger partial charge in [0, 0.05) is 53.9 Å². The highest BCUT2D eigenvalue weighted by molar-refractivity contribution is 5.86. The average Bonchev–Trinajstić information content (AvgIpc) is 3.39. The lowest BCUT2D eigenvalue weighted by Crippen LogP contribution is -2.41. The molecule has 0 saturated heterocycles. The molecule has 0 aliphatic heterocycles. The fourth-order valence-corrected chi connectivity index (χ4v) is 3.84. The molecular formula is C24H20F3N3O3. The number of allylic oxidation sites excluding steroid dienone is 1. The predicted molar refractivity (Wildman–Crippen MR) is 114 cm³/mol. The molecular weight excluding hydrogens is 435 g/mol. The number of benzene rings is 1. The van der Waals surface area contributed by atoms with Crippen molar-refractivity contribution in [3.8, 4) is 11.8 Å². The maximum atomic E-state index is 13.9. The molecule has 2 heterocycles. The number of alkyl halides is 3. The Morgan fingerprint density at radius 1 is 1.21 bits per heavy atom. The van der Waals surface area contributed by atoms with Crippen LogP contribution in [0.25, 0.3) is 5.57 Å². The van der Waals surface area contributed by atoms with E-state index in [-0.39, 0.29) is 23.4 Å². The van der Waals surface area contributed by atoms with Gasteiger partial charge >= 0.3 is 6.18 Å². The summed E-state index contributed by atoms with van der Waals surface area (Å²) < 4.78 is 48.7. The lowest BCUT2D eigenvalue weighted by Gasteiger charge is -2.25. The van der Waals surface area contributed by atoms with Gasteiger partial charge in [-0.3, -0.25) is 4.79 Å². The van der Waals surface area contributed by atoms with Gasteiger partial charge in [-0.05, 0) is 12.8 Å². The Labute approximate surface area is 187 Å². The van der Waals surface area contributed by atoms with Crippen LogP contribution < -0.4 is 5.56 Å². The van der Waals surface area contributed by atoms with Gasteiger partial charge in [-0.15, -0.1) is 10.2 Å². The van der Waals surface area contributed by atoms with Crippen LogP contribution in [-0.4, -0.2) is 26.0 Å². The van der Waals surface area contributed by atoms with Gasteiger partial charge in [0.15, 0.2) is 0 Å². The number of hydrogen-bond donors (Lipinski definition) is 1. The van der Waals surface area contributed by atoms with Gasteiger partial charge in [0.25, 0.3) is 5.56 Å². The van der Waals surface area contributed by atoms with Crippen LogP contribution in [-0.2, 0) is 25.5 Å². The van der Waals surface area contributed by atoms with E-state index < -0.39 is 17.3 Å². The summed E-state index contributed by atoms with van der Waals surface area (Å²) in [6.07, 6.45) is -2.92. The number of pyridine rings is 1. The number of fused-ring (bicyclic) bond motifs is 1. The van der Waals surface area contributed by atoms with Gasteiger partial charge in [0.2, 0.25) is 17.4 Å². The first-order valence-corrected chi connectivity index (χ1v) is 10.2. The molecule has 0 amide bonds. The summed E-state index contributed by atoms with van der Waals surface area (Å²) in [6, 6.07) is 6.65. The van der Waals surface area contributed by atoms with Crippen molar-refractivity contribution in [2.45, 2.75) is 38.5 Å². The molecule has 1 aliphatic carbocycles. The second-order valence-electron chi connectivity index (χ2n) is 7.82. The molecule has 1 aromatic carbocycles. The van der Waals surface area contributed by atoms with E-state index in [1.165, 1.54) is 29.9 Å². The zero-order valence-electron chi connectivity index (χ0n) is 18.1. The summed E-state index contributed by atoms with van der Waals surface area (Å²) in [5.74, 6) is 5.09. The normalized spacial score (nSPS) is 15.1. The SMILES string of the molecule is CCc1nnc(C2=C(C)Cc3c2c(C#CC(O)(c2ccccc2)C(F)(F)F)cn(C)c3=O)o1. The number of aryl methyl sites for hydroxylation is 2. The van der Waals surface area contributed by atoms with Gasteiger partial charge < -0.3 is 14.1 Å². The Morgan fingerprint density at radius 2 is 1.91 bits per heavy atom. The topological polar surface area (TPSA) is 81.2 Å². The summed E-state index contributed by atoms with van der Waals surface area (Å²) in [5.41, 5.74) is -1.97. The fourth-order valence-electron chi connectivity index (χ4n) is 3.84. The van der Waals surface area contributed by atoms with E-state index in [2.05, 4.69) is 16.1 Å². The number of rotatable bonds is 3. The smallest absolute Gasteiger partial charge is 0.421 e. The van der Waals surface area contributed by atoms with Crippen LogP contribution in [0.1, 0.15) is 47.9 Å². The van der Waals surface area contributed by atoms with Crippen LogP contribution in [0.3, 0.4) is 0 Å². The van der Waals surface area contributed by atoms with Crippen LogP contribution >= 0.6 is 0 Å². The van der Waals surface area contributed by atoms with E-state index in [4.69, 9.17) is 4.42 Å². The highest BCUT2D eigenvalue weighted by Gasteiger charge is 2.54. The molecule has 1 unspecified atom stereocenters. The van der Waals surface area contributed by atoms with Crippen LogP contribution in [0.15, 0.2) is 51.3 Å². The molecule has 33 heavy (non-hydrogen) atoms. The molecule has 0 fully saturated rings. The summed E-state index contributed by atoms with van der Waals surface area (Å²) in [5, 5.41) is 18.6. The van der Waals surface area contributed by atoms with Crippen molar-refractivity contribution >= 4 is 5.57 Å². The zero-order chi connectivity index (χ0) is 24.0. The van der Waals surface area contributed by atoms with Gasteiger partial charge in [-0.25, -0.2) is 0 Å². The Morgan fingerprint density at radius 3 is 2.52 bits per heavy atom. The molecule has 4 rings (SSSR count). The van der Waals surface area contributed by atoms with E-state index in [1.807, 2.05) is 12.8 Å². The minimum Gasteiger partial charge on any atom is -0.421 e. The number of aromatic nitrogens is 3. The number of aliphatic hydroxyl groups is 1. The maximum Gasteiger partial charge on any atom is 0.433 e. The molecule has 1 N–H and O–H groups in total. The first-order chi connectivity index (χ1) is 15.6. The van der Waals surface area contributed by atoms with Crippen LogP contribution in [0.4, 0.5) is 13.2 Å². The lowest BCUT2D eigenvalue weighted by molar-refractivity contribution is -0.240. The summed E-state index contributed by atoms with van der Waals surface area (Å²) in [7, 11) is 1.50. The highest BCUT2D eigenvalue weighted by Crippen LogP contribution is 2.40. The predicted octanol–water partition coefficient (Wildman–Crippen LogP) is 3.51.